The molecule has 0 radical (unpaired) electrons. The third kappa shape index (κ3) is 3.34. The summed E-state index contributed by atoms with van der Waals surface area (Å²) in [6, 6.07) is 5.94. The summed E-state index contributed by atoms with van der Waals surface area (Å²) in [5, 5.41) is 1.05. The minimum atomic E-state index is -0.0570. The molecule has 7 heteroatoms. The molecule has 0 N–H and O–H groups in total. The molecular weight excluding hydrogens is 412 g/mol. The van der Waals surface area contributed by atoms with Crippen molar-refractivity contribution in [1.82, 2.24) is 18.9 Å². The van der Waals surface area contributed by atoms with Crippen LogP contribution in [0.2, 0.25) is 0 Å². The first-order valence-corrected chi connectivity index (χ1v) is 10.7. The van der Waals surface area contributed by atoms with Crippen LogP contribution >= 0.6 is 27.7 Å². The van der Waals surface area contributed by atoms with Gasteiger partial charge in [-0.2, -0.15) is 0 Å². The Morgan fingerprint density at radius 3 is 2.77 bits per heavy atom. The van der Waals surface area contributed by atoms with Gasteiger partial charge in [-0.15, -0.1) is 0 Å². The minimum Gasteiger partial charge on any atom is -0.320 e. The van der Waals surface area contributed by atoms with Gasteiger partial charge in [-0.25, -0.2) is 9.97 Å². The summed E-state index contributed by atoms with van der Waals surface area (Å²) in [6.07, 6.45) is 6.80. The average Bonchev–Trinajstić information content (AvgIpc) is 3.22. The molecule has 1 aliphatic carbocycles. The van der Waals surface area contributed by atoms with E-state index in [9.17, 15) is 4.79 Å². The van der Waals surface area contributed by atoms with Gasteiger partial charge >= 0.3 is 0 Å². The fourth-order valence-electron chi connectivity index (χ4n) is 3.63. The lowest BCUT2D eigenvalue weighted by Gasteiger charge is -2.16. The third-order valence-corrected chi connectivity index (χ3v) is 6.53. The van der Waals surface area contributed by atoms with Crippen LogP contribution in [-0.2, 0) is 5.75 Å². The molecular formula is C19H21BrN4OS. The summed E-state index contributed by atoms with van der Waals surface area (Å²) in [6.45, 7) is 4.23. The van der Waals surface area contributed by atoms with Crippen LogP contribution in [0.3, 0.4) is 0 Å². The number of halogens is 1. The number of hydrogen-bond donors (Lipinski definition) is 0. The van der Waals surface area contributed by atoms with Crippen molar-refractivity contribution in [2.24, 2.45) is 0 Å². The summed E-state index contributed by atoms with van der Waals surface area (Å²) in [7, 11) is 0. The summed E-state index contributed by atoms with van der Waals surface area (Å²) in [4.78, 5) is 21.8. The van der Waals surface area contributed by atoms with Gasteiger partial charge in [0.25, 0.3) is 5.56 Å². The van der Waals surface area contributed by atoms with Crippen molar-refractivity contribution in [2.45, 2.75) is 56.5 Å². The lowest BCUT2D eigenvalue weighted by Crippen LogP contribution is -2.15. The Morgan fingerprint density at radius 1 is 1.23 bits per heavy atom. The van der Waals surface area contributed by atoms with Crippen LogP contribution < -0.4 is 5.56 Å². The summed E-state index contributed by atoms with van der Waals surface area (Å²) < 4.78 is 4.82. The summed E-state index contributed by atoms with van der Waals surface area (Å²) >= 11 is 5.07. The van der Waals surface area contributed by atoms with Gasteiger partial charge in [0, 0.05) is 34.2 Å². The maximum Gasteiger partial charge on any atom is 0.258 e. The number of nitrogens with zero attached hydrogens (tertiary/aromatic N) is 4. The molecule has 0 saturated heterocycles. The molecule has 3 heterocycles. The van der Waals surface area contributed by atoms with Crippen molar-refractivity contribution in [3.8, 4) is 0 Å². The monoisotopic (exact) mass is 432 g/mol. The predicted octanol–water partition coefficient (Wildman–Crippen LogP) is 4.68. The molecule has 136 valence electrons. The molecule has 0 atom stereocenters. The van der Waals surface area contributed by atoms with Crippen molar-refractivity contribution in [1.29, 1.82) is 0 Å². The first-order chi connectivity index (χ1) is 12.5. The number of rotatable bonds is 4. The van der Waals surface area contributed by atoms with Crippen LogP contribution in [0.1, 0.15) is 48.8 Å². The molecule has 0 bridgehead atoms. The van der Waals surface area contributed by atoms with Gasteiger partial charge in [0.15, 0.2) is 5.16 Å². The first-order valence-electron chi connectivity index (χ1n) is 8.89. The summed E-state index contributed by atoms with van der Waals surface area (Å²) in [5.41, 5.74) is 3.76. The molecule has 0 amide bonds. The van der Waals surface area contributed by atoms with Crippen LogP contribution in [0.5, 0.6) is 0 Å². The van der Waals surface area contributed by atoms with E-state index in [0.29, 0.717) is 17.4 Å². The molecule has 4 rings (SSSR count). The molecule has 1 fully saturated rings. The van der Waals surface area contributed by atoms with Crippen molar-refractivity contribution >= 4 is 33.3 Å². The molecule has 1 aliphatic rings. The van der Waals surface area contributed by atoms with Gasteiger partial charge in [0.1, 0.15) is 5.65 Å². The SMILES string of the molecule is Cc1nc(SCc2cc(=O)n3cc(Br)ccc3n2)n(C2CCCC2)c1C. The Labute approximate surface area is 165 Å². The number of aryl methyl sites for hydroxylation is 1. The van der Waals surface area contributed by atoms with Crippen LogP contribution in [-0.4, -0.2) is 18.9 Å². The minimum absolute atomic E-state index is 0.0570. The molecule has 26 heavy (non-hydrogen) atoms. The first kappa shape index (κ1) is 17.8. The van der Waals surface area contributed by atoms with Crippen LogP contribution in [0.25, 0.3) is 5.65 Å². The highest BCUT2D eigenvalue weighted by atomic mass is 79.9. The van der Waals surface area contributed by atoms with Gasteiger partial charge in [-0.1, -0.05) is 24.6 Å². The molecule has 1 saturated carbocycles. The topological polar surface area (TPSA) is 52.2 Å². The number of imidazole rings is 1. The van der Waals surface area contributed by atoms with Crippen molar-refractivity contribution in [3.63, 3.8) is 0 Å². The average molecular weight is 433 g/mol. The second-order valence-electron chi connectivity index (χ2n) is 6.82. The van der Waals surface area contributed by atoms with Crippen LogP contribution in [0.15, 0.2) is 38.8 Å². The van der Waals surface area contributed by atoms with Gasteiger partial charge < -0.3 is 4.57 Å². The lowest BCUT2D eigenvalue weighted by molar-refractivity contribution is 0.471. The zero-order chi connectivity index (χ0) is 18.3. The molecule has 3 aromatic rings. The van der Waals surface area contributed by atoms with E-state index in [1.165, 1.54) is 31.4 Å². The normalized spacial score (nSPS) is 15.2. The number of thioether (sulfide) groups is 1. The quantitative estimate of drug-likeness (QED) is 0.561. The second kappa shape index (κ2) is 7.19. The largest absolute Gasteiger partial charge is 0.320 e. The zero-order valence-electron chi connectivity index (χ0n) is 14.9. The Kier molecular flexibility index (Phi) is 4.92. The highest BCUT2D eigenvalue weighted by Crippen LogP contribution is 2.35. The number of fused-ring (bicyclic) bond motifs is 1. The van der Waals surface area contributed by atoms with Gasteiger partial charge in [-0.3, -0.25) is 9.20 Å². The van der Waals surface area contributed by atoms with Crippen molar-refractivity contribution in [2.75, 3.05) is 0 Å². The Bertz CT molecular complexity index is 1020. The molecule has 0 aromatic carbocycles. The van der Waals surface area contributed by atoms with E-state index in [1.807, 2.05) is 12.1 Å². The molecule has 3 aromatic heterocycles. The van der Waals surface area contributed by atoms with Crippen molar-refractivity contribution in [3.05, 3.63) is 56.3 Å². The lowest BCUT2D eigenvalue weighted by atomic mass is 10.2. The van der Waals surface area contributed by atoms with Crippen LogP contribution in [0, 0.1) is 13.8 Å². The van der Waals surface area contributed by atoms with E-state index in [4.69, 9.17) is 4.98 Å². The highest BCUT2D eigenvalue weighted by Gasteiger charge is 2.23. The van der Waals surface area contributed by atoms with E-state index in [2.05, 4.69) is 39.3 Å². The Hall–Kier alpha value is -1.60. The van der Waals surface area contributed by atoms with Gasteiger partial charge in [0.2, 0.25) is 0 Å². The maximum absolute atomic E-state index is 12.4. The Morgan fingerprint density at radius 2 is 2.00 bits per heavy atom. The smallest absolute Gasteiger partial charge is 0.258 e. The standard InChI is InChI=1S/C19H21BrN4OS/c1-12-13(2)24(16-5-3-4-6-16)19(21-12)26-11-15-9-18(25)23-10-14(20)7-8-17(23)22-15/h7-10,16H,3-6,11H2,1-2H3. The maximum atomic E-state index is 12.4. The van der Waals surface area contributed by atoms with E-state index in [-0.39, 0.29) is 5.56 Å². The van der Waals surface area contributed by atoms with E-state index in [1.54, 1.807) is 28.4 Å². The zero-order valence-corrected chi connectivity index (χ0v) is 17.3. The van der Waals surface area contributed by atoms with Gasteiger partial charge in [-0.05, 0) is 54.8 Å². The number of hydrogen-bond acceptors (Lipinski definition) is 4. The van der Waals surface area contributed by atoms with E-state index < -0.39 is 0 Å². The summed E-state index contributed by atoms with van der Waals surface area (Å²) in [5.74, 6) is 0.643. The molecule has 0 spiro atoms. The van der Waals surface area contributed by atoms with E-state index >= 15 is 0 Å². The second-order valence-corrected chi connectivity index (χ2v) is 8.68. The number of aromatic nitrogens is 4. The number of pyridine rings is 1. The van der Waals surface area contributed by atoms with Crippen LogP contribution in [0.4, 0.5) is 0 Å². The van der Waals surface area contributed by atoms with Crippen molar-refractivity contribution < 1.29 is 0 Å². The molecule has 0 unspecified atom stereocenters. The fraction of sp³-hybridized carbons (Fsp3) is 0.421. The van der Waals surface area contributed by atoms with Gasteiger partial charge in [0.05, 0.1) is 11.4 Å². The highest BCUT2D eigenvalue weighted by molar-refractivity contribution is 9.10. The Balaban J connectivity index is 1.62. The fourth-order valence-corrected chi connectivity index (χ4v) is 5.02. The van der Waals surface area contributed by atoms with E-state index in [0.717, 1.165) is 21.0 Å². The third-order valence-electron chi connectivity index (χ3n) is 5.07. The predicted molar refractivity (Wildman–Crippen MR) is 108 cm³/mol. The molecule has 5 nitrogen and oxygen atoms in total. The molecule has 0 aliphatic heterocycles.